The molecular formula is C63H112O6. The quantitative estimate of drug-likeness (QED) is 0.0262. The molecule has 0 radical (unpaired) electrons. The van der Waals surface area contributed by atoms with Gasteiger partial charge >= 0.3 is 17.9 Å². The molecule has 0 aliphatic carbocycles. The molecular weight excluding hydrogens is 853 g/mol. The highest BCUT2D eigenvalue weighted by atomic mass is 16.6. The molecule has 0 aromatic heterocycles. The zero-order valence-corrected chi connectivity index (χ0v) is 45.8. The van der Waals surface area contributed by atoms with E-state index in [1.807, 2.05) is 0 Å². The standard InChI is InChI=1S/C63H112O6/c1-4-7-10-13-16-19-22-24-26-28-30-31-32-33-34-36-37-39-41-44-47-50-53-56-62(65)68-59-60(58-67-61(64)55-52-49-46-43-21-18-15-12-9-6-3)69-63(66)57-54-51-48-45-42-40-38-35-29-27-25-23-20-17-14-11-8-5-2/h7,10,12,15-16,19,24,26,30-31,60H,4-6,8-9,11,13-14,17-18,20-23,25,27-29,32-59H2,1-3H3/b10-7-,15-12-,19-16-,26-24-,31-30-. The van der Waals surface area contributed by atoms with Gasteiger partial charge in [0.15, 0.2) is 6.10 Å². The predicted molar refractivity (Wildman–Crippen MR) is 298 cm³/mol. The summed E-state index contributed by atoms with van der Waals surface area (Å²) in [7, 11) is 0. The molecule has 0 saturated carbocycles. The lowest BCUT2D eigenvalue weighted by Gasteiger charge is -2.18. The van der Waals surface area contributed by atoms with E-state index in [9.17, 15) is 14.4 Å². The van der Waals surface area contributed by atoms with E-state index in [0.717, 1.165) is 96.3 Å². The zero-order valence-electron chi connectivity index (χ0n) is 45.8. The molecule has 0 aliphatic rings. The maximum absolute atomic E-state index is 12.9. The molecule has 0 amide bonds. The van der Waals surface area contributed by atoms with Crippen molar-refractivity contribution in [1.82, 2.24) is 0 Å². The van der Waals surface area contributed by atoms with Crippen molar-refractivity contribution < 1.29 is 28.6 Å². The van der Waals surface area contributed by atoms with Gasteiger partial charge in [-0.1, -0.05) is 268 Å². The first-order valence-electron chi connectivity index (χ1n) is 29.8. The lowest BCUT2D eigenvalue weighted by atomic mass is 10.0. The van der Waals surface area contributed by atoms with Crippen molar-refractivity contribution in [3.8, 4) is 0 Å². The topological polar surface area (TPSA) is 78.9 Å². The van der Waals surface area contributed by atoms with Crippen LogP contribution in [-0.2, 0) is 28.6 Å². The number of carbonyl (C=O) groups excluding carboxylic acids is 3. The highest BCUT2D eigenvalue weighted by Gasteiger charge is 2.19. The number of unbranched alkanes of at least 4 members (excludes halogenated alkanes) is 33. The fourth-order valence-corrected chi connectivity index (χ4v) is 8.56. The number of hydrogen-bond donors (Lipinski definition) is 0. The van der Waals surface area contributed by atoms with Crippen LogP contribution >= 0.6 is 0 Å². The molecule has 6 heteroatoms. The van der Waals surface area contributed by atoms with E-state index >= 15 is 0 Å². The molecule has 6 nitrogen and oxygen atoms in total. The highest BCUT2D eigenvalue weighted by molar-refractivity contribution is 5.71. The summed E-state index contributed by atoms with van der Waals surface area (Å²) >= 11 is 0. The third kappa shape index (κ3) is 55.9. The summed E-state index contributed by atoms with van der Waals surface area (Å²) in [5.74, 6) is -0.877. The van der Waals surface area contributed by atoms with Crippen LogP contribution in [0.25, 0.3) is 0 Å². The number of rotatable bonds is 54. The summed E-state index contributed by atoms with van der Waals surface area (Å²) < 4.78 is 16.9. The van der Waals surface area contributed by atoms with Gasteiger partial charge < -0.3 is 14.2 Å². The predicted octanol–water partition coefficient (Wildman–Crippen LogP) is 20.0. The fourth-order valence-electron chi connectivity index (χ4n) is 8.56. The van der Waals surface area contributed by atoms with Crippen LogP contribution in [0.2, 0.25) is 0 Å². The normalized spacial score (nSPS) is 12.4. The van der Waals surface area contributed by atoms with Gasteiger partial charge in [0, 0.05) is 19.3 Å². The Morgan fingerprint density at radius 3 is 0.957 bits per heavy atom. The first kappa shape index (κ1) is 66.1. The monoisotopic (exact) mass is 965 g/mol. The lowest BCUT2D eigenvalue weighted by molar-refractivity contribution is -0.167. The number of ether oxygens (including phenoxy) is 3. The average molecular weight is 966 g/mol. The average Bonchev–Trinajstić information content (AvgIpc) is 3.35. The Labute approximate surface area is 428 Å². The maximum Gasteiger partial charge on any atom is 0.306 e. The van der Waals surface area contributed by atoms with Crippen molar-refractivity contribution in [2.75, 3.05) is 13.2 Å². The van der Waals surface area contributed by atoms with Gasteiger partial charge in [0.1, 0.15) is 13.2 Å². The Hall–Kier alpha value is -2.89. The van der Waals surface area contributed by atoms with Gasteiger partial charge in [-0.2, -0.15) is 0 Å². The molecule has 0 bridgehead atoms. The van der Waals surface area contributed by atoms with E-state index in [0.29, 0.717) is 19.3 Å². The van der Waals surface area contributed by atoms with E-state index in [2.05, 4.69) is 81.5 Å². The van der Waals surface area contributed by atoms with Gasteiger partial charge in [0.05, 0.1) is 0 Å². The van der Waals surface area contributed by atoms with Crippen LogP contribution in [-0.4, -0.2) is 37.2 Å². The summed E-state index contributed by atoms with van der Waals surface area (Å²) in [4.78, 5) is 38.1. The molecule has 0 fully saturated rings. The SMILES string of the molecule is CC/C=C\C/C=C\C/C=C\C/C=C\CCCCCCCCCCCCC(=O)OCC(COC(=O)CCCCCCC/C=C\CCC)OC(=O)CCCCCCCCCCCCCCCCCCCC. The second kappa shape index (κ2) is 57.7. The molecule has 0 aliphatic heterocycles. The molecule has 0 heterocycles. The van der Waals surface area contributed by atoms with E-state index in [1.165, 1.54) is 167 Å². The Balaban J connectivity index is 4.25. The van der Waals surface area contributed by atoms with Gasteiger partial charge in [-0.05, 0) is 77.0 Å². The van der Waals surface area contributed by atoms with Gasteiger partial charge in [-0.25, -0.2) is 0 Å². The minimum absolute atomic E-state index is 0.0763. The Kier molecular flexibility index (Phi) is 55.3. The molecule has 0 spiro atoms. The lowest BCUT2D eigenvalue weighted by Crippen LogP contribution is -2.30. The molecule has 400 valence electrons. The van der Waals surface area contributed by atoms with Crippen LogP contribution in [0.15, 0.2) is 60.8 Å². The summed E-state index contributed by atoms with van der Waals surface area (Å²) in [5, 5.41) is 0. The summed E-state index contributed by atoms with van der Waals surface area (Å²) in [5.41, 5.74) is 0. The van der Waals surface area contributed by atoms with Crippen molar-refractivity contribution in [3.05, 3.63) is 60.8 Å². The van der Waals surface area contributed by atoms with Crippen LogP contribution < -0.4 is 0 Å². The first-order valence-corrected chi connectivity index (χ1v) is 29.8. The van der Waals surface area contributed by atoms with Crippen molar-refractivity contribution in [3.63, 3.8) is 0 Å². The number of allylic oxidation sites excluding steroid dienone is 10. The minimum atomic E-state index is -0.776. The summed E-state index contributed by atoms with van der Waals surface area (Å²) in [6, 6.07) is 0. The minimum Gasteiger partial charge on any atom is -0.462 e. The molecule has 0 aromatic rings. The third-order valence-corrected chi connectivity index (χ3v) is 13.0. The number of esters is 3. The van der Waals surface area contributed by atoms with Crippen LogP contribution in [0, 0.1) is 0 Å². The van der Waals surface area contributed by atoms with E-state index < -0.39 is 6.10 Å². The van der Waals surface area contributed by atoms with Gasteiger partial charge in [-0.15, -0.1) is 0 Å². The molecule has 0 rings (SSSR count). The second-order valence-electron chi connectivity index (χ2n) is 19.9. The third-order valence-electron chi connectivity index (χ3n) is 13.0. The zero-order chi connectivity index (χ0) is 50.0. The molecule has 1 atom stereocenters. The van der Waals surface area contributed by atoms with Gasteiger partial charge in [-0.3, -0.25) is 14.4 Å². The molecule has 0 saturated heterocycles. The maximum atomic E-state index is 12.9. The summed E-state index contributed by atoms with van der Waals surface area (Å²) in [6.45, 7) is 6.49. The Morgan fingerprint density at radius 1 is 0.304 bits per heavy atom. The van der Waals surface area contributed by atoms with E-state index in [-0.39, 0.29) is 31.1 Å². The van der Waals surface area contributed by atoms with Crippen LogP contribution in [0.4, 0.5) is 0 Å². The van der Waals surface area contributed by atoms with Crippen molar-refractivity contribution >= 4 is 17.9 Å². The van der Waals surface area contributed by atoms with Crippen molar-refractivity contribution in [2.45, 2.75) is 309 Å². The molecule has 0 N–H and O–H groups in total. The Morgan fingerprint density at radius 2 is 0.594 bits per heavy atom. The van der Waals surface area contributed by atoms with Crippen LogP contribution in [0.5, 0.6) is 0 Å². The van der Waals surface area contributed by atoms with Crippen LogP contribution in [0.1, 0.15) is 303 Å². The van der Waals surface area contributed by atoms with Crippen molar-refractivity contribution in [1.29, 1.82) is 0 Å². The Bertz CT molecular complexity index is 1250. The van der Waals surface area contributed by atoms with E-state index in [1.54, 1.807) is 0 Å². The largest absolute Gasteiger partial charge is 0.462 e. The van der Waals surface area contributed by atoms with Gasteiger partial charge in [0.2, 0.25) is 0 Å². The second-order valence-corrected chi connectivity index (χ2v) is 19.9. The summed E-state index contributed by atoms with van der Waals surface area (Å²) in [6.07, 6.45) is 72.2. The number of hydrogen-bond acceptors (Lipinski definition) is 6. The van der Waals surface area contributed by atoms with Crippen LogP contribution in [0.3, 0.4) is 0 Å². The van der Waals surface area contributed by atoms with Crippen molar-refractivity contribution in [2.24, 2.45) is 0 Å². The fraction of sp³-hybridized carbons (Fsp3) is 0.794. The van der Waals surface area contributed by atoms with Gasteiger partial charge in [0.25, 0.3) is 0 Å². The molecule has 1 unspecified atom stereocenters. The number of carbonyl (C=O) groups is 3. The highest BCUT2D eigenvalue weighted by Crippen LogP contribution is 2.17. The first-order chi connectivity index (χ1) is 34.0. The van der Waals surface area contributed by atoms with E-state index in [4.69, 9.17) is 14.2 Å². The molecule has 0 aromatic carbocycles. The smallest absolute Gasteiger partial charge is 0.306 e. The molecule has 69 heavy (non-hydrogen) atoms.